The Morgan fingerprint density at radius 3 is 1.67 bits per heavy atom. The number of hydrogen-bond acceptors (Lipinski definition) is 6. The van der Waals surface area contributed by atoms with Crippen LogP contribution in [0.3, 0.4) is 0 Å². The summed E-state index contributed by atoms with van der Waals surface area (Å²) in [4.78, 5) is 30.8. The molecule has 1 aliphatic rings. The molecule has 0 radical (unpaired) electrons. The van der Waals surface area contributed by atoms with Gasteiger partial charge in [0.1, 0.15) is 0 Å². The van der Waals surface area contributed by atoms with Crippen LogP contribution in [0.5, 0.6) is 11.8 Å². The van der Waals surface area contributed by atoms with Crippen molar-refractivity contribution in [3.63, 3.8) is 0 Å². The molecule has 2 heterocycles. The number of hydrogen-bond donors (Lipinski definition) is 0. The fourth-order valence-corrected chi connectivity index (χ4v) is 1.50. The molecule has 0 fully saturated rings. The lowest BCUT2D eigenvalue weighted by Gasteiger charge is -2.09. The minimum absolute atomic E-state index is 0.114. The lowest BCUT2D eigenvalue weighted by molar-refractivity contribution is -0.133. The summed E-state index contributed by atoms with van der Waals surface area (Å²) in [6.07, 6.45) is 1.95. The van der Waals surface area contributed by atoms with Gasteiger partial charge < -0.3 is 9.47 Å². The van der Waals surface area contributed by atoms with E-state index in [-0.39, 0.29) is 11.8 Å². The van der Waals surface area contributed by atoms with Crippen LogP contribution in [-0.2, 0) is 9.59 Å². The van der Waals surface area contributed by atoms with E-state index < -0.39 is 11.9 Å². The van der Waals surface area contributed by atoms with Gasteiger partial charge in [-0.1, -0.05) is 12.1 Å². The first-order valence-corrected chi connectivity index (χ1v) is 5.11. The number of esters is 2. The summed E-state index contributed by atoms with van der Waals surface area (Å²) >= 11 is 0. The highest BCUT2D eigenvalue weighted by Crippen LogP contribution is 2.26. The highest BCUT2D eigenvalue weighted by molar-refractivity contribution is 5.95. The lowest BCUT2D eigenvalue weighted by Crippen LogP contribution is -2.15. The number of aromatic nitrogens is 2. The van der Waals surface area contributed by atoms with Gasteiger partial charge in [-0.15, -0.1) is 0 Å². The Bertz CT molecular complexity index is 635. The maximum atomic E-state index is 11.3. The second-order valence-electron chi connectivity index (χ2n) is 3.50. The number of fused-ring (bicyclic) bond motifs is 2. The van der Waals surface area contributed by atoms with Crippen LogP contribution in [0.25, 0.3) is 11.0 Å². The van der Waals surface area contributed by atoms with Crippen LogP contribution in [0.2, 0.25) is 0 Å². The summed E-state index contributed by atoms with van der Waals surface area (Å²) in [6.45, 7) is 0. The molecule has 6 nitrogen and oxygen atoms in total. The first-order chi connectivity index (χ1) is 8.72. The van der Waals surface area contributed by atoms with E-state index in [1.807, 2.05) is 0 Å². The van der Waals surface area contributed by atoms with Crippen molar-refractivity contribution in [2.45, 2.75) is 0 Å². The molecule has 0 unspecified atom stereocenters. The van der Waals surface area contributed by atoms with Crippen molar-refractivity contribution in [2.75, 3.05) is 0 Å². The average molecular weight is 242 g/mol. The van der Waals surface area contributed by atoms with Crippen molar-refractivity contribution >= 4 is 23.0 Å². The molecule has 2 aromatic rings. The monoisotopic (exact) mass is 242 g/mol. The van der Waals surface area contributed by atoms with Crippen molar-refractivity contribution < 1.29 is 19.1 Å². The van der Waals surface area contributed by atoms with Gasteiger partial charge in [0.25, 0.3) is 11.8 Å². The van der Waals surface area contributed by atoms with Gasteiger partial charge in [0.05, 0.1) is 11.0 Å². The van der Waals surface area contributed by atoms with E-state index in [1.54, 1.807) is 24.3 Å². The topological polar surface area (TPSA) is 78.4 Å². The molecule has 0 spiro atoms. The van der Waals surface area contributed by atoms with Gasteiger partial charge >= 0.3 is 11.9 Å². The van der Waals surface area contributed by atoms with E-state index in [0.717, 1.165) is 12.2 Å². The van der Waals surface area contributed by atoms with Gasteiger partial charge in [-0.25, -0.2) is 19.6 Å². The summed E-state index contributed by atoms with van der Waals surface area (Å²) in [7, 11) is 0. The quantitative estimate of drug-likeness (QED) is 0.641. The number of carbonyl (C=O) groups is 2. The van der Waals surface area contributed by atoms with Crippen LogP contribution < -0.4 is 9.47 Å². The SMILES string of the molecule is O=C1/C=C\C(=O)Oc2nc3ccccc3nc2O1. The molecule has 1 aromatic heterocycles. The van der Waals surface area contributed by atoms with Gasteiger partial charge in [-0.3, -0.25) is 0 Å². The molecule has 0 bridgehead atoms. The summed E-state index contributed by atoms with van der Waals surface area (Å²) in [5.74, 6) is -1.62. The van der Waals surface area contributed by atoms with E-state index in [1.165, 1.54) is 0 Å². The van der Waals surface area contributed by atoms with Gasteiger partial charge in [0, 0.05) is 12.2 Å². The predicted octanol–water partition coefficient (Wildman–Crippen LogP) is 1.01. The number of rotatable bonds is 0. The van der Waals surface area contributed by atoms with E-state index in [0.29, 0.717) is 11.0 Å². The molecule has 0 aliphatic carbocycles. The number of benzene rings is 1. The van der Waals surface area contributed by atoms with Crippen LogP contribution in [0.4, 0.5) is 0 Å². The zero-order chi connectivity index (χ0) is 12.5. The molecule has 6 heteroatoms. The first-order valence-electron chi connectivity index (χ1n) is 5.11. The number of carbonyl (C=O) groups excluding carboxylic acids is 2. The normalized spacial score (nSPS) is 16.2. The molecule has 0 saturated carbocycles. The minimum atomic E-state index is -0.697. The van der Waals surface area contributed by atoms with Gasteiger partial charge in [0.2, 0.25) is 0 Å². The molecule has 3 rings (SSSR count). The second-order valence-corrected chi connectivity index (χ2v) is 3.50. The van der Waals surface area contributed by atoms with Crippen LogP contribution in [0, 0.1) is 0 Å². The molecule has 0 saturated heterocycles. The second kappa shape index (κ2) is 3.92. The van der Waals surface area contributed by atoms with Crippen molar-refractivity contribution in [3.8, 4) is 11.8 Å². The molecular weight excluding hydrogens is 236 g/mol. The predicted molar refractivity (Wildman–Crippen MR) is 59.9 cm³/mol. The Morgan fingerprint density at radius 1 is 0.778 bits per heavy atom. The molecule has 88 valence electrons. The lowest BCUT2D eigenvalue weighted by atomic mass is 10.3. The third-order valence-electron chi connectivity index (χ3n) is 2.26. The third-order valence-corrected chi connectivity index (χ3v) is 2.26. The Hall–Kier alpha value is -2.76. The Morgan fingerprint density at radius 2 is 1.22 bits per heavy atom. The van der Waals surface area contributed by atoms with Crippen LogP contribution in [-0.4, -0.2) is 21.9 Å². The molecule has 0 amide bonds. The fraction of sp³-hybridized carbons (Fsp3) is 0. The summed E-state index contributed by atoms with van der Waals surface area (Å²) in [5.41, 5.74) is 1.09. The summed E-state index contributed by atoms with van der Waals surface area (Å²) < 4.78 is 9.83. The number of nitrogens with zero attached hydrogens (tertiary/aromatic N) is 2. The van der Waals surface area contributed by atoms with Crippen molar-refractivity contribution in [2.24, 2.45) is 0 Å². The summed E-state index contributed by atoms with van der Waals surface area (Å²) in [5, 5.41) is 0. The smallest absolute Gasteiger partial charge is 0.337 e. The zero-order valence-electron chi connectivity index (χ0n) is 8.99. The zero-order valence-corrected chi connectivity index (χ0v) is 8.99. The van der Waals surface area contributed by atoms with E-state index in [4.69, 9.17) is 9.47 Å². The minimum Gasteiger partial charge on any atom is -0.399 e. The number of ether oxygens (including phenoxy) is 2. The molecule has 1 aromatic carbocycles. The van der Waals surface area contributed by atoms with Crippen molar-refractivity contribution in [3.05, 3.63) is 36.4 Å². The van der Waals surface area contributed by atoms with Gasteiger partial charge in [0.15, 0.2) is 0 Å². The van der Waals surface area contributed by atoms with Crippen LogP contribution in [0.1, 0.15) is 0 Å². The van der Waals surface area contributed by atoms with Gasteiger partial charge in [-0.2, -0.15) is 0 Å². The first kappa shape index (κ1) is 10.4. The van der Waals surface area contributed by atoms with Crippen molar-refractivity contribution in [1.82, 2.24) is 9.97 Å². The number of para-hydroxylation sites is 2. The molecule has 0 N–H and O–H groups in total. The van der Waals surface area contributed by atoms with Gasteiger partial charge in [-0.05, 0) is 12.1 Å². The average Bonchev–Trinajstić information content (AvgIpc) is 2.35. The molecular formula is C12H6N2O4. The van der Waals surface area contributed by atoms with E-state index in [9.17, 15) is 9.59 Å². The van der Waals surface area contributed by atoms with Crippen LogP contribution in [0.15, 0.2) is 36.4 Å². The van der Waals surface area contributed by atoms with E-state index in [2.05, 4.69) is 9.97 Å². The third kappa shape index (κ3) is 1.80. The molecule has 0 atom stereocenters. The maximum absolute atomic E-state index is 11.3. The Kier molecular flexibility index (Phi) is 2.26. The summed E-state index contributed by atoms with van der Waals surface area (Å²) in [6, 6.07) is 6.99. The standard InChI is InChI=1S/C12H6N2O4/c15-9-5-6-10(16)18-12-11(17-9)13-7-3-1-2-4-8(7)14-12/h1-6H/b6-5-. The largest absolute Gasteiger partial charge is 0.399 e. The van der Waals surface area contributed by atoms with Crippen molar-refractivity contribution in [1.29, 1.82) is 0 Å². The highest BCUT2D eigenvalue weighted by Gasteiger charge is 2.19. The maximum Gasteiger partial charge on any atom is 0.337 e. The molecule has 1 aliphatic heterocycles. The fourth-order valence-electron chi connectivity index (χ4n) is 1.50. The van der Waals surface area contributed by atoms with Crippen LogP contribution >= 0.6 is 0 Å². The molecule has 18 heavy (non-hydrogen) atoms. The highest BCUT2D eigenvalue weighted by atomic mass is 16.6. The Labute approximate surface area is 101 Å². The Balaban J connectivity index is 2.20. The van der Waals surface area contributed by atoms with E-state index >= 15 is 0 Å².